The summed E-state index contributed by atoms with van der Waals surface area (Å²) in [5, 5.41) is 13.1. The third-order valence-electron chi connectivity index (χ3n) is 3.81. The third-order valence-corrected chi connectivity index (χ3v) is 3.81. The van der Waals surface area contributed by atoms with Crippen LogP contribution in [0.4, 0.5) is 5.69 Å². The molecule has 0 saturated carbocycles. The molecule has 0 radical (unpaired) electrons. The second kappa shape index (κ2) is 6.89. The average molecular weight is 305 g/mol. The van der Waals surface area contributed by atoms with E-state index in [1.165, 1.54) is 4.90 Å². The minimum atomic E-state index is -1.95. The second-order valence-electron chi connectivity index (χ2n) is 5.82. The van der Waals surface area contributed by atoms with Gasteiger partial charge in [-0.05, 0) is 39.2 Å². The zero-order chi connectivity index (χ0) is 16.2. The van der Waals surface area contributed by atoms with Gasteiger partial charge in [0.2, 0.25) is 5.60 Å². The lowest BCUT2D eigenvalue weighted by Crippen LogP contribution is -2.52. The number of carbonyl (C=O) groups is 2. The molecule has 1 aliphatic rings. The van der Waals surface area contributed by atoms with E-state index in [0.29, 0.717) is 18.8 Å². The largest absolute Gasteiger partial charge is 0.372 e. The van der Waals surface area contributed by atoms with Gasteiger partial charge in [0.1, 0.15) is 0 Å². The van der Waals surface area contributed by atoms with E-state index in [-0.39, 0.29) is 6.42 Å². The monoisotopic (exact) mass is 305 g/mol. The highest BCUT2D eigenvalue weighted by atomic mass is 16.3. The molecule has 0 unspecified atom stereocenters. The van der Waals surface area contributed by atoms with Crippen LogP contribution in [0.25, 0.3) is 0 Å². The van der Waals surface area contributed by atoms with Crippen LogP contribution in [0.3, 0.4) is 0 Å². The number of rotatable bonds is 6. The number of nitrogens with zero attached hydrogens (tertiary/aromatic N) is 2. The molecule has 2 N–H and O–H groups in total. The maximum Gasteiger partial charge on any atom is 0.268 e. The first-order valence-electron chi connectivity index (χ1n) is 7.47. The van der Waals surface area contributed by atoms with Crippen molar-refractivity contribution in [3.8, 4) is 0 Å². The van der Waals surface area contributed by atoms with Crippen LogP contribution in [0.15, 0.2) is 30.3 Å². The van der Waals surface area contributed by atoms with Crippen molar-refractivity contribution in [1.29, 1.82) is 0 Å². The number of hydrogen-bond donors (Lipinski definition) is 2. The summed E-state index contributed by atoms with van der Waals surface area (Å²) >= 11 is 0. The van der Waals surface area contributed by atoms with Crippen molar-refractivity contribution in [2.75, 3.05) is 38.6 Å². The number of para-hydroxylation sites is 1. The Morgan fingerprint density at radius 3 is 2.68 bits per heavy atom. The number of benzene rings is 1. The van der Waals surface area contributed by atoms with Crippen LogP contribution in [0, 0.1) is 0 Å². The van der Waals surface area contributed by atoms with Gasteiger partial charge in [-0.25, -0.2) is 0 Å². The molecule has 1 aliphatic heterocycles. The molecular formula is C16H23N3O3. The molecule has 22 heavy (non-hydrogen) atoms. The summed E-state index contributed by atoms with van der Waals surface area (Å²) in [5.41, 5.74) is -1.25. The Morgan fingerprint density at radius 2 is 2.05 bits per heavy atom. The average Bonchev–Trinajstić information content (AvgIpc) is 2.81. The fourth-order valence-corrected chi connectivity index (χ4v) is 2.51. The van der Waals surface area contributed by atoms with Crippen molar-refractivity contribution in [2.24, 2.45) is 0 Å². The number of anilines is 1. The molecule has 1 atom stereocenters. The molecule has 1 aromatic rings. The predicted molar refractivity (Wildman–Crippen MR) is 84.5 cm³/mol. The Balaban J connectivity index is 1.96. The standard InChI is InChI=1S/C16H23N3O3/c1-18(2)11-6-10-17-14(20)16(22)9-12-19(15(16)21)13-7-4-3-5-8-13/h3-5,7-8,22H,6,9-12H2,1-2H3,(H,17,20)/t16-/m0/s1. The maximum absolute atomic E-state index is 12.4. The zero-order valence-corrected chi connectivity index (χ0v) is 13.1. The molecule has 120 valence electrons. The van der Waals surface area contributed by atoms with Crippen molar-refractivity contribution < 1.29 is 14.7 Å². The number of aliphatic hydroxyl groups is 1. The number of carbonyl (C=O) groups excluding carboxylic acids is 2. The molecule has 1 heterocycles. The van der Waals surface area contributed by atoms with Crippen LogP contribution < -0.4 is 10.2 Å². The number of amides is 2. The lowest BCUT2D eigenvalue weighted by Gasteiger charge is -2.22. The van der Waals surface area contributed by atoms with E-state index >= 15 is 0 Å². The van der Waals surface area contributed by atoms with Gasteiger partial charge < -0.3 is 20.2 Å². The van der Waals surface area contributed by atoms with Crippen molar-refractivity contribution >= 4 is 17.5 Å². The summed E-state index contributed by atoms with van der Waals surface area (Å²) in [6, 6.07) is 9.08. The molecule has 1 saturated heterocycles. The van der Waals surface area contributed by atoms with E-state index < -0.39 is 17.4 Å². The van der Waals surface area contributed by atoms with E-state index in [0.717, 1.165) is 13.0 Å². The number of hydrogen-bond acceptors (Lipinski definition) is 4. The first-order valence-corrected chi connectivity index (χ1v) is 7.47. The van der Waals surface area contributed by atoms with Gasteiger partial charge >= 0.3 is 0 Å². The van der Waals surface area contributed by atoms with Crippen molar-refractivity contribution in [1.82, 2.24) is 10.2 Å². The summed E-state index contributed by atoms with van der Waals surface area (Å²) < 4.78 is 0. The van der Waals surface area contributed by atoms with Gasteiger partial charge in [-0.15, -0.1) is 0 Å². The van der Waals surface area contributed by atoms with E-state index in [2.05, 4.69) is 5.32 Å². The predicted octanol–water partition coefficient (Wildman–Crippen LogP) is 0.222. The fourth-order valence-electron chi connectivity index (χ4n) is 2.51. The lowest BCUT2D eigenvalue weighted by molar-refractivity contribution is -0.149. The Labute approximate surface area is 130 Å². The Kier molecular flexibility index (Phi) is 5.15. The lowest BCUT2D eigenvalue weighted by atomic mass is 10.0. The summed E-state index contributed by atoms with van der Waals surface area (Å²) in [7, 11) is 3.90. The van der Waals surface area contributed by atoms with Crippen molar-refractivity contribution in [3.05, 3.63) is 30.3 Å². The molecular weight excluding hydrogens is 282 g/mol. The minimum Gasteiger partial charge on any atom is -0.372 e. The van der Waals surface area contributed by atoms with Crippen LogP contribution in [-0.2, 0) is 9.59 Å². The molecule has 6 nitrogen and oxygen atoms in total. The summed E-state index contributed by atoms with van der Waals surface area (Å²) in [4.78, 5) is 28.1. The van der Waals surface area contributed by atoms with Gasteiger partial charge in [-0.3, -0.25) is 9.59 Å². The van der Waals surface area contributed by atoms with Gasteiger partial charge in [-0.2, -0.15) is 0 Å². The molecule has 2 amide bonds. The SMILES string of the molecule is CN(C)CCCNC(=O)[C@@]1(O)CCN(c2ccccc2)C1=O. The second-order valence-corrected chi connectivity index (χ2v) is 5.82. The molecule has 1 fully saturated rings. The highest BCUT2D eigenvalue weighted by Crippen LogP contribution is 2.28. The Bertz CT molecular complexity index is 533. The van der Waals surface area contributed by atoms with Crippen molar-refractivity contribution in [3.63, 3.8) is 0 Å². The van der Waals surface area contributed by atoms with Gasteiger partial charge in [0.25, 0.3) is 11.8 Å². The van der Waals surface area contributed by atoms with E-state index in [9.17, 15) is 14.7 Å². The topological polar surface area (TPSA) is 72.9 Å². The van der Waals surface area contributed by atoms with E-state index in [1.807, 2.05) is 37.2 Å². The van der Waals surface area contributed by atoms with Crippen LogP contribution in [0.1, 0.15) is 12.8 Å². The van der Waals surface area contributed by atoms with Gasteiger partial charge in [0.15, 0.2) is 0 Å². The van der Waals surface area contributed by atoms with E-state index in [1.54, 1.807) is 12.1 Å². The van der Waals surface area contributed by atoms with Crippen LogP contribution >= 0.6 is 0 Å². The molecule has 0 aliphatic carbocycles. The maximum atomic E-state index is 12.4. The van der Waals surface area contributed by atoms with E-state index in [4.69, 9.17) is 0 Å². The van der Waals surface area contributed by atoms with Gasteiger partial charge in [0, 0.05) is 25.2 Å². The smallest absolute Gasteiger partial charge is 0.268 e. The summed E-state index contributed by atoms with van der Waals surface area (Å²) in [5.74, 6) is -1.15. The molecule has 2 rings (SSSR count). The normalized spacial score (nSPS) is 21.5. The zero-order valence-electron chi connectivity index (χ0n) is 13.1. The Morgan fingerprint density at radius 1 is 1.36 bits per heavy atom. The quantitative estimate of drug-likeness (QED) is 0.583. The minimum absolute atomic E-state index is 0.111. The molecule has 6 heteroatoms. The molecule has 0 spiro atoms. The molecule has 0 bridgehead atoms. The van der Waals surface area contributed by atoms with Gasteiger partial charge in [0.05, 0.1) is 0 Å². The summed E-state index contributed by atoms with van der Waals surface area (Å²) in [6.45, 7) is 1.62. The first kappa shape index (κ1) is 16.5. The first-order chi connectivity index (χ1) is 10.4. The third kappa shape index (κ3) is 3.45. The number of nitrogens with one attached hydrogen (secondary N) is 1. The Hall–Kier alpha value is -1.92. The van der Waals surface area contributed by atoms with Gasteiger partial charge in [-0.1, -0.05) is 18.2 Å². The molecule has 1 aromatic carbocycles. The summed E-state index contributed by atoms with van der Waals surface area (Å²) in [6.07, 6.45) is 0.881. The molecule has 0 aromatic heterocycles. The highest BCUT2D eigenvalue weighted by molar-refractivity contribution is 6.16. The van der Waals surface area contributed by atoms with Crippen LogP contribution in [0.2, 0.25) is 0 Å². The van der Waals surface area contributed by atoms with Crippen molar-refractivity contribution in [2.45, 2.75) is 18.4 Å². The fraction of sp³-hybridized carbons (Fsp3) is 0.500. The van der Waals surface area contributed by atoms with Crippen LogP contribution in [-0.4, -0.2) is 61.2 Å². The van der Waals surface area contributed by atoms with Crippen LogP contribution in [0.5, 0.6) is 0 Å². The highest BCUT2D eigenvalue weighted by Gasteiger charge is 2.51.